The Morgan fingerprint density at radius 3 is 2.22 bits per heavy atom. The van der Waals surface area contributed by atoms with Gasteiger partial charge in [0.15, 0.2) is 0 Å². The van der Waals surface area contributed by atoms with Crippen molar-refractivity contribution >= 4 is 17.1 Å². The standard InChI is InChI=1S/C16H24N4O2.ClH/c21-20(22)15-6-5-14(18-11-7-17-8-12-18)13-16(15)19-9-3-1-2-4-10-19;/h5-6,13,17H,1-4,7-12H2;1H/p-1. The molecule has 23 heavy (non-hydrogen) atoms. The van der Waals surface area contributed by atoms with Crippen molar-refractivity contribution < 1.29 is 17.3 Å². The summed E-state index contributed by atoms with van der Waals surface area (Å²) < 4.78 is 0. The smallest absolute Gasteiger partial charge is 0.292 e. The summed E-state index contributed by atoms with van der Waals surface area (Å²) in [6.07, 6.45) is 4.69. The Bertz CT molecular complexity index is 527. The third-order valence-electron chi connectivity index (χ3n) is 4.58. The van der Waals surface area contributed by atoms with Gasteiger partial charge in [-0.25, -0.2) is 0 Å². The normalized spacial score (nSPS) is 19.0. The Labute approximate surface area is 143 Å². The maximum Gasteiger partial charge on any atom is 0.292 e. The highest BCUT2D eigenvalue weighted by molar-refractivity contribution is 5.70. The van der Waals surface area contributed by atoms with Crippen LogP contribution < -0.4 is 27.5 Å². The number of anilines is 2. The predicted octanol–water partition coefficient (Wildman–Crippen LogP) is -0.611. The van der Waals surface area contributed by atoms with Gasteiger partial charge in [-0.2, -0.15) is 0 Å². The number of nitrogens with zero attached hydrogens (tertiary/aromatic N) is 3. The van der Waals surface area contributed by atoms with Crippen molar-refractivity contribution in [2.24, 2.45) is 0 Å². The number of hydrogen-bond donors (Lipinski definition) is 1. The number of halogens is 1. The zero-order chi connectivity index (χ0) is 15.4. The molecule has 0 unspecified atom stereocenters. The van der Waals surface area contributed by atoms with Crippen molar-refractivity contribution in [3.05, 3.63) is 28.3 Å². The number of benzene rings is 1. The lowest BCUT2D eigenvalue weighted by molar-refractivity contribution is -0.384. The van der Waals surface area contributed by atoms with Crippen molar-refractivity contribution in [3.8, 4) is 0 Å². The van der Waals surface area contributed by atoms with Crippen LogP contribution in [0.3, 0.4) is 0 Å². The van der Waals surface area contributed by atoms with Gasteiger partial charge in [0.1, 0.15) is 5.69 Å². The Hall–Kier alpha value is -1.53. The van der Waals surface area contributed by atoms with Gasteiger partial charge >= 0.3 is 0 Å². The molecule has 0 aliphatic carbocycles. The minimum Gasteiger partial charge on any atom is -1.00 e. The first-order chi connectivity index (χ1) is 10.8. The van der Waals surface area contributed by atoms with E-state index in [1.807, 2.05) is 12.1 Å². The molecule has 2 aliphatic heterocycles. The molecule has 1 aromatic rings. The summed E-state index contributed by atoms with van der Waals surface area (Å²) in [4.78, 5) is 15.7. The van der Waals surface area contributed by atoms with E-state index < -0.39 is 0 Å². The molecule has 2 heterocycles. The molecular weight excluding hydrogens is 316 g/mol. The number of nitro benzene ring substituents is 1. The van der Waals surface area contributed by atoms with Gasteiger partial charge in [-0.1, -0.05) is 12.8 Å². The number of rotatable bonds is 3. The van der Waals surface area contributed by atoms with Gasteiger partial charge in [0.2, 0.25) is 0 Å². The van der Waals surface area contributed by atoms with Crippen molar-refractivity contribution in [3.63, 3.8) is 0 Å². The van der Waals surface area contributed by atoms with Crippen LogP contribution in [0, 0.1) is 10.1 Å². The van der Waals surface area contributed by atoms with E-state index in [1.54, 1.807) is 6.07 Å². The Kier molecular flexibility index (Phi) is 6.47. The highest BCUT2D eigenvalue weighted by Crippen LogP contribution is 2.34. The monoisotopic (exact) mass is 339 g/mol. The van der Waals surface area contributed by atoms with Crippen molar-refractivity contribution in [2.75, 3.05) is 49.1 Å². The Morgan fingerprint density at radius 2 is 1.61 bits per heavy atom. The van der Waals surface area contributed by atoms with Gasteiger partial charge < -0.3 is 27.5 Å². The summed E-state index contributed by atoms with van der Waals surface area (Å²) in [5.74, 6) is 0. The molecule has 0 saturated carbocycles. The second kappa shape index (κ2) is 8.36. The van der Waals surface area contributed by atoms with Crippen molar-refractivity contribution in [1.82, 2.24) is 5.32 Å². The largest absolute Gasteiger partial charge is 1.00 e. The van der Waals surface area contributed by atoms with E-state index in [2.05, 4.69) is 15.1 Å². The van der Waals surface area contributed by atoms with Gasteiger partial charge in [0.05, 0.1) is 4.92 Å². The highest BCUT2D eigenvalue weighted by Gasteiger charge is 2.22. The lowest BCUT2D eigenvalue weighted by Crippen LogP contribution is -3.00. The molecule has 3 rings (SSSR count). The fourth-order valence-electron chi connectivity index (χ4n) is 3.35. The van der Waals surface area contributed by atoms with Gasteiger partial charge in [-0.05, 0) is 25.0 Å². The summed E-state index contributed by atoms with van der Waals surface area (Å²) in [5, 5.41) is 14.7. The van der Waals surface area contributed by atoms with E-state index in [1.165, 1.54) is 12.8 Å². The SMILES string of the molecule is O=[N+]([O-])c1ccc(N2CCNCC2)cc1N1CCCCCC1.[Cl-]. The van der Waals surface area contributed by atoms with Crippen LogP contribution in [0.5, 0.6) is 0 Å². The van der Waals surface area contributed by atoms with Crippen LogP contribution in [0.25, 0.3) is 0 Å². The van der Waals surface area contributed by atoms with E-state index in [-0.39, 0.29) is 23.0 Å². The lowest BCUT2D eigenvalue weighted by atomic mass is 10.2. The molecule has 1 aromatic carbocycles. The van der Waals surface area contributed by atoms with Crippen LogP contribution in [0.4, 0.5) is 17.1 Å². The summed E-state index contributed by atoms with van der Waals surface area (Å²) >= 11 is 0. The first-order valence-corrected chi connectivity index (χ1v) is 8.25. The van der Waals surface area contributed by atoms with E-state index in [0.29, 0.717) is 0 Å². The summed E-state index contributed by atoms with van der Waals surface area (Å²) in [6.45, 7) is 5.69. The van der Waals surface area contributed by atoms with E-state index in [0.717, 1.165) is 63.5 Å². The van der Waals surface area contributed by atoms with Gasteiger partial charge in [-0.15, -0.1) is 0 Å². The molecule has 2 fully saturated rings. The Balaban J connectivity index is 0.00000192. The van der Waals surface area contributed by atoms with E-state index >= 15 is 0 Å². The molecule has 0 aromatic heterocycles. The zero-order valence-electron chi connectivity index (χ0n) is 13.3. The van der Waals surface area contributed by atoms with Crippen LogP contribution in [0.1, 0.15) is 25.7 Å². The second-order valence-corrected chi connectivity index (χ2v) is 6.07. The molecule has 2 aliphatic rings. The first kappa shape index (κ1) is 17.8. The maximum atomic E-state index is 11.4. The Morgan fingerprint density at radius 1 is 0.957 bits per heavy atom. The predicted molar refractivity (Wildman–Crippen MR) is 88.9 cm³/mol. The highest BCUT2D eigenvalue weighted by atomic mass is 35.5. The molecule has 0 atom stereocenters. The molecule has 2 saturated heterocycles. The maximum absolute atomic E-state index is 11.4. The lowest BCUT2D eigenvalue weighted by Gasteiger charge is -2.31. The molecule has 0 bridgehead atoms. The van der Waals surface area contributed by atoms with Gasteiger partial charge in [0, 0.05) is 51.0 Å². The molecule has 0 amide bonds. The van der Waals surface area contributed by atoms with Gasteiger partial charge in [0.25, 0.3) is 5.69 Å². The zero-order valence-corrected chi connectivity index (χ0v) is 14.1. The third kappa shape index (κ3) is 4.26. The van der Waals surface area contributed by atoms with Gasteiger partial charge in [-0.3, -0.25) is 10.1 Å². The van der Waals surface area contributed by atoms with Crippen molar-refractivity contribution in [1.29, 1.82) is 0 Å². The quantitative estimate of drug-likeness (QED) is 0.588. The average molecular weight is 340 g/mol. The number of nitrogens with one attached hydrogen (secondary N) is 1. The van der Waals surface area contributed by atoms with Crippen LogP contribution in [-0.2, 0) is 0 Å². The fourth-order valence-corrected chi connectivity index (χ4v) is 3.35. The second-order valence-electron chi connectivity index (χ2n) is 6.07. The molecule has 6 nitrogen and oxygen atoms in total. The summed E-state index contributed by atoms with van der Waals surface area (Å²) in [7, 11) is 0. The molecule has 1 N–H and O–H groups in total. The molecule has 7 heteroatoms. The summed E-state index contributed by atoms with van der Waals surface area (Å²) in [5.41, 5.74) is 2.13. The number of nitro groups is 1. The molecule has 0 spiro atoms. The summed E-state index contributed by atoms with van der Waals surface area (Å²) in [6, 6.07) is 5.59. The first-order valence-electron chi connectivity index (χ1n) is 8.25. The van der Waals surface area contributed by atoms with Crippen LogP contribution in [0.15, 0.2) is 18.2 Å². The van der Waals surface area contributed by atoms with Crippen LogP contribution in [-0.4, -0.2) is 44.2 Å². The van der Waals surface area contributed by atoms with Crippen molar-refractivity contribution in [2.45, 2.75) is 25.7 Å². The minimum atomic E-state index is -0.248. The number of hydrogen-bond acceptors (Lipinski definition) is 5. The number of piperazine rings is 1. The molecular formula is C16H24ClN4O2-. The minimum absolute atomic E-state index is 0. The van der Waals surface area contributed by atoms with Crippen LogP contribution >= 0.6 is 0 Å². The average Bonchev–Trinajstić information content (AvgIpc) is 2.84. The molecule has 0 radical (unpaired) electrons. The third-order valence-corrected chi connectivity index (χ3v) is 4.58. The van der Waals surface area contributed by atoms with E-state index in [4.69, 9.17) is 0 Å². The van der Waals surface area contributed by atoms with Crippen LogP contribution in [0.2, 0.25) is 0 Å². The topological polar surface area (TPSA) is 61.7 Å². The van der Waals surface area contributed by atoms with E-state index in [9.17, 15) is 10.1 Å². The molecule has 128 valence electrons. The fraction of sp³-hybridized carbons (Fsp3) is 0.625.